The molecule has 0 aromatic heterocycles. The van der Waals surface area contributed by atoms with Crippen molar-refractivity contribution in [2.75, 3.05) is 7.11 Å². The number of benzene rings is 1. The SMILES string of the molecule is CCCCCCc1cc(OC)c(CC(CC)NC(=O)OC(C)(C)C)cc1C#N. The summed E-state index contributed by atoms with van der Waals surface area (Å²) in [6.45, 7) is 9.73. The number of methoxy groups -OCH3 is 1. The Morgan fingerprint density at radius 2 is 1.89 bits per heavy atom. The third-order valence-electron chi connectivity index (χ3n) is 4.61. The zero-order chi connectivity index (χ0) is 21.2. The number of nitrogens with one attached hydrogen (secondary N) is 1. The number of nitrogens with zero attached hydrogens (tertiary/aromatic N) is 1. The van der Waals surface area contributed by atoms with Gasteiger partial charge in [-0.25, -0.2) is 4.79 Å². The molecule has 156 valence electrons. The number of carbonyl (C=O) groups excluding carboxylic acids is 1. The van der Waals surface area contributed by atoms with Gasteiger partial charge in [0, 0.05) is 6.04 Å². The Hall–Kier alpha value is -2.22. The summed E-state index contributed by atoms with van der Waals surface area (Å²) in [4.78, 5) is 12.1. The lowest BCUT2D eigenvalue weighted by Crippen LogP contribution is -2.40. The smallest absolute Gasteiger partial charge is 0.407 e. The maximum absolute atomic E-state index is 12.1. The average Bonchev–Trinajstić information content (AvgIpc) is 2.63. The van der Waals surface area contributed by atoms with Gasteiger partial charge in [0.25, 0.3) is 0 Å². The highest BCUT2D eigenvalue weighted by atomic mass is 16.6. The molecule has 1 rings (SSSR count). The number of alkyl carbamates (subject to hydrolysis) is 1. The first-order chi connectivity index (χ1) is 13.2. The van der Waals surface area contributed by atoms with Crippen LogP contribution in [0.25, 0.3) is 0 Å². The third kappa shape index (κ3) is 8.21. The number of unbranched alkanes of at least 4 members (excludes halogenated alkanes) is 3. The summed E-state index contributed by atoms with van der Waals surface area (Å²) in [5.74, 6) is 0.772. The first-order valence-corrected chi connectivity index (χ1v) is 10.3. The van der Waals surface area contributed by atoms with Crippen LogP contribution >= 0.6 is 0 Å². The van der Waals surface area contributed by atoms with Crippen LogP contribution in [0.3, 0.4) is 0 Å². The number of rotatable bonds is 10. The van der Waals surface area contributed by atoms with Crippen LogP contribution in [0.4, 0.5) is 4.79 Å². The Kier molecular flexibility index (Phi) is 9.85. The van der Waals surface area contributed by atoms with Crippen LogP contribution in [0.15, 0.2) is 12.1 Å². The van der Waals surface area contributed by atoms with Crippen molar-refractivity contribution in [1.82, 2.24) is 5.32 Å². The first kappa shape index (κ1) is 23.8. The second kappa shape index (κ2) is 11.6. The summed E-state index contributed by atoms with van der Waals surface area (Å²) >= 11 is 0. The van der Waals surface area contributed by atoms with Crippen molar-refractivity contribution >= 4 is 6.09 Å². The fraction of sp³-hybridized carbons (Fsp3) is 0.652. The van der Waals surface area contributed by atoms with E-state index in [1.165, 1.54) is 19.3 Å². The van der Waals surface area contributed by atoms with Gasteiger partial charge in [0.1, 0.15) is 11.4 Å². The largest absolute Gasteiger partial charge is 0.496 e. The quantitative estimate of drug-likeness (QED) is 0.535. The first-order valence-electron chi connectivity index (χ1n) is 10.3. The summed E-state index contributed by atoms with van der Waals surface area (Å²) in [6, 6.07) is 6.13. The van der Waals surface area contributed by atoms with E-state index >= 15 is 0 Å². The minimum Gasteiger partial charge on any atom is -0.496 e. The Balaban J connectivity index is 2.93. The predicted molar refractivity (Wildman–Crippen MR) is 113 cm³/mol. The highest BCUT2D eigenvalue weighted by Gasteiger charge is 2.20. The van der Waals surface area contributed by atoms with Crippen LogP contribution in [0, 0.1) is 11.3 Å². The number of ether oxygens (including phenoxy) is 2. The molecule has 1 amide bonds. The molecule has 0 aliphatic heterocycles. The molecule has 0 spiro atoms. The van der Waals surface area contributed by atoms with Gasteiger partial charge in [-0.15, -0.1) is 0 Å². The maximum Gasteiger partial charge on any atom is 0.407 e. The molecule has 0 bridgehead atoms. The fourth-order valence-corrected chi connectivity index (χ4v) is 3.11. The Morgan fingerprint density at radius 3 is 2.43 bits per heavy atom. The van der Waals surface area contributed by atoms with Crippen LogP contribution in [-0.4, -0.2) is 24.8 Å². The number of aryl methyl sites for hydroxylation is 1. The van der Waals surface area contributed by atoms with Crippen molar-refractivity contribution in [3.63, 3.8) is 0 Å². The van der Waals surface area contributed by atoms with E-state index in [-0.39, 0.29) is 6.04 Å². The van der Waals surface area contributed by atoms with Gasteiger partial charge >= 0.3 is 6.09 Å². The molecule has 1 N–H and O–H groups in total. The Morgan fingerprint density at radius 1 is 1.18 bits per heavy atom. The molecule has 0 heterocycles. The molecule has 1 aromatic rings. The molecule has 0 saturated heterocycles. The van der Waals surface area contributed by atoms with E-state index in [1.54, 1.807) is 7.11 Å². The highest BCUT2D eigenvalue weighted by Crippen LogP contribution is 2.27. The van der Waals surface area contributed by atoms with Gasteiger partial charge in [-0.2, -0.15) is 5.26 Å². The monoisotopic (exact) mass is 388 g/mol. The van der Waals surface area contributed by atoms with E-state index in [9.17, 15) is 10.1 Å². The predicted octanol–water partition coefficient (Wildman–Crippen LogP) is 5.54. The number of hydrogen-bond acceptors (Lipinski definition) is 4. The van der Waals surface area contributed by atoms with Gasteiger partial charge in [0.2, 0.25) is 0 Å². The van der Waals surface area contributed by atoms with Crippen molar-refractivity contribution in [2.45, 2.75) is 91.2 Å². The summed E-state index contributed by atoms with van der Waals surface area (Å²) < 4.78 is 10.9. The molecule has 5 nitrogen and oxygen atoms in total. The number of hydrogen-bond donors (Lipinski definition) is 1. The zero-order valence-electron chi connectivity index (χ0n) is 18.4. The lowest BCUT2D eigenvalue weighted by Gasteiger charge is -2.24. The van der Waals surface area contributed by atoms with Crippen LogP contribution in [0.2, 0.25) is 0 Å². The van der Waals surface area contributed by atoms with E-state index < -0.39 is 11.7 Å². The molecule has 0 radical (unpaired) electrons. The maximum atomic E-state index is 12.1. The van der Waals surface area contributed by atoms with Crippen LogP contribution in [0.1, 0.15) is 83.4 Å². The van der Waals surface area contributed by atoms with Gasteiger partial charge in [0.05, 0.1) is 18.7 Å². The molecule has 28 heavy (non-hydrogen) atoms. The second-order valence-corrected chi connectivity index (χ2v) is 8.20. The minimum absolute atomic E-state index is 0.0919. The molecule has 1 atom stereocenters. The third-order valence-corrected chi connectivity index (χ3v) is 4.61. The second-order valence-electron chi connectivity index (χ2n) is 8.20. The van der Waals surface area contributed by atoms with Gasteiger partial charge in [-0.05, 0) is 69.7 Å². The topological polar surface area (TPSA) is 71.3 Å². The summed E-state index contributed by atoms with van der Waals surface area (Å²) in [5, 5.41) is 12.5. The van der Waals surface area contributed by atoms with Crippen molar-refractivity contribution in [3.8, 4) is 11.8 Å². The van der Waals surface area contributed by atoms with Crippen LogP contribution < -0.4 is 10.1 Å². The normalized spacial score (nSPS) is 12.2. The molecule has 1 unspecified atom stereocenters. The summed E-state index contributed by atoms with van der Waals surface area (Å²) in [5.41, 5.74) is 2.12. The van der Waals surface area contributed by atoms with Crippen LogP contribution in [-0.2, 0) is 17.6 Å². The van der Waals surface area contributed by atoms with Crippen molar-refractivity contribution in [2.24, 2.45) is 0 Å². The van der Waals surface area contributed by atoms with Gasteiger partial charge in [-0.1, -0.05) is 33.1 Å². The standard InChI is InChI=1S/C23H36N2O3/c1-7-9-10-11-12-17-15-21(27-6)18(13-19(17)16-24)14-20(8-2)25-22(26)28-23(3,4)5/h13,15,20H,7-12,14H2,1-6H3,(H,25,26). The number of amides is 1. The summed E-state index contributed by atoms with van der Waals surface area (Å²) in [7, 11) is 1.65. The van der Waals surface area contributed by atoms with E-state index in [2.05, 4.69) is 18.3 Å². The fourth-order valence-electron chi connectivity index (χ4n) is 3.11. The van der Waals surface area contributed by atoms with E-state index in [0.717, 1.165) is 36.1 Å². The molecule has 0 aliphatic carbocycles. The van der Waals surface area contributed by atoms with Crippen molar-refractivity contribution < 1.29 is 14.3 Å². The van der Waals surface area contributed by atoms with E-state index in [1.807, 2.05) is 39.8 Å². The van der Waals surface area contributed by atoms with E-state index in [4.69, 9.17) is 9.47 Å². The molecule has 5 heteroatoms. The van der Waals surface area contributed by atoms with Crippen molar-refractivity contribution in [3.05, 3.63) is 28.8 Å². The van der Waals surface area contributed by atoms with Gasteiger partial charge in [-0.3, -0.25) is 0 Å². The van der Waals surface area contributed by atoms with Gasteiger partial charge < -0.3 is 14.8 Å². The van der Waals surface area contributed by atoms with E-state index in [0.29, 0.717) is 12.0 Å². The minimum atomic E-state index is -0.534. The number of carbonyl (C=O) groups is 1. The highest BCUT2D eigenvalue weighted by molar-refractivity contribution is 5.68. The number of nitriles is 1. The lowest BCUT2D eigenvalue weighted by molar-refractivity contribution is 0.0502. The van der Waals surface area contributed by atoms with Gasteiger partial charge in [0.15, 0.2) is 0 Å². The molecular weight excluding hydrogens is 352 g/mol. The average molecular weight is 389 g/mol. The summed E-state index contributed by atoms with van der Waals surface area (Å²) in [6.07, 6.45) is 6.44. The van der Waals surface area contributed by atoms with Crippen molar-refractivity contribution in [1.29, 1.82) is 5.26 Å². The van der Waals surface area contributed by atoms with Crippen LogP contribution in [0.5, 0.6) is 5.75 Å². The Labute approximate surface area is 170 Å². The zero-order valence-corrected chi connectivity index (χ0v) is 18.4. The lowest BCUT2D eigenvalue weighted by atomic mass is 9.95. The Bertz CT molecular complexity index is 672. The molecule has 1 aromatic carbocycles. The molecule has 0 fully saturated rings. The molecule has 0 saturated carbocycles. The molecule has 0 aliphatic rings. The molecular formula is C23H36N2O3.